The monoisotopic (exact) mass is 497 g/mol. The molecule has 0 saturated carbocycles. The maximum Gasteiger partial charge on any atom is 0.338 e. The molecule has 2 heterocycles. The van der Waals surface area contributed by atoms with Gasteiger partial charge in [0.2, 0.25) is 15.8 Å². The van der Waals surface area contributed by atoms with Crippen molar-refractivity contribution in [3.05, 3.63) is 88.3 Å². The van der Waals surface area contributed by atoms with Crippen molar-refractivity contribution in [2.75, 3.05) is 6.61 Å². The minimum atomic E-state index is -3.80. The lowest BCUT2D eigenvalue weighted by atomic mass is 10.1. The molecule has 2 aromatic carbocycles. The summed E-state index contributed by atoms with van der Waals surface area (Å²) in [7, 11) is -3.80. The van der Waals surface area contributed by atoms with Gasteiger partial charge in [0.05, 0.1) is 16.0 Å². The number of halogens is 1. The molecule has 0 radical (unpaired) electrons. The van der Waals surface area contributed by atoms with Crippen LogP contribution >= 0.6 is 11.6 Å². The average molecular weight is 498 g/mol. The molecule has 0 aliphatic carbocycles. The maximum atomic E-state index is 12.8. The number of benzene rings is 2. The van der Waals surface area contributed by atoms with Crippen LogP contribution in [0.3, 0.4) is 0 Å². The van der Waals surface area contributed by atoms with E-state index in [9.17, 15) is 18.0 Å². The second-order valence-corrected chi connectivity index (χ2v) is 9.65. The van der Waals surface area contributed by atoms with Crippen LogP contribution in [0.2, 0.25) is 5.15 Å². The molecule has 8 nitrogen and oxygen atoms in total. The zero-order valence-corrected chi connectivity index (χ0v) is 19.9. The van der Waals surface area contributed by atoms with Crippen molar-refractivity contribution < 1.29 is 22.7 Å². The first-order valence-electron chi connectivity index (χ1n) is 10.1. The number of ether oxygens (including phenoxy) is 1. The van der Waals surface area contributed by atoms with Crippen molar-refractivity contribution in [3.8, 4) is 5.69 Å². The number of hydrogen-bond acceptors (Lipinski definition) is 6. The Morgan fingerprint density at radius 1 is 1.03 bits per heavy atom. The molecule has 10 heteroatoms. The molecule has 0 aliphatic heterocycles. The Bertz CT molecular complexity index is 1540. The summed E-state index contributed by atoms with van der Waals surface area (Å²) in [6, 6.07) is 15.9. The molecule has 34 heavy (non-hydrogen) atoms. The fraction of sp³-hybridized carbons (Fsp3) is 0.125. The smallest absolute Gasteiger partial charge is 0.338 e. The van der Waals surface area contributed by atoms with Gasteiger partial charge in [-0.2, -0.15) is 0 Å². The van der Waals surface area contributed by atoms with Gasteiger partial charge in [-0.25, -0.2) is 23.3 Å². The molecule has 0 fully saturated rings. The van der Waals surface area contributed by atoms with Crippen LogP contribution in [-0.2, 0) is 14.8 Å². The van der Waals surface area contributed by atoms with Gasteiger partial charge in [0.15, 0.2) is 6.61 Å². The molecule has 0 saturated heterocycles. The Balaban J connectivity index is 1.50. The van der Waals surface area contributed by atoms with Crippen molar-refractivity contribution in [3.63, 3.8) is 0 Å². The highest BCUT2D eigenvalue weighted by Crippen LogP contribution is 2.23. The van der Waals surface area contributed by atoms with Gasteiger partial charge in [0.25, 0.3) is 0 Å². The third-order valence-electron chi connectivity index (χ3n) is 5.38. The van der Waals surface area contributed by atoms with Crippen LogP contribution in [0.5, 0.6) is 0 Å². The third-order valence-corrected chi connectivity index (χ3v) is 6.52. The number of nitrogens with zero attached hydrogens (tertiary/aromatic N) is 2. The molecule has 0 aliphatic rings. The number of esters is 1. The summed E-state index contributed by atoms with van der Waals surface area (Å²) in [4.78, 5) is 29.5. The van der Waals surface area contributed by atoms with E-state index in [0.717, 1.165) is 11.1 Å². The highest BCUT2D eigenvalue weighted by molar-refractivity contribution is 7.89. The minimum Gasteiger partial charge on any atom is -0.454 e. The van der Waals surface area contributed by atoms with E-state index >= 15 is 0 Å². The third kappa shape index (κ3) is 4.72. The fourth-order valence-corrected chi connectivity index (χ4v) is 4.42. The maximum absolute atomic E-state index is 12.8. The molecule has 2 aromatic heterocycles. The highest BCUT2D eigenvalue weighted by Gasteiger charge is 2.19. The molecular weight excluding hydrogens is 478 g/mol. The number of fused-ring (bicyclic) bond motifs is 1. The van der Waals surface area contributed by atoms with Crippen molar-refractivity contribution in [2.24, 2.45) is 5.14 Å². The fourth-order valence-electron chi connectivity index (χ4n) is 3.75. The van der Waals surface area contributed by atoms with E-state index in [0.29, 0.717) is 33.2 Å². The Kier molecular flexibility index (Phi) is 6.26. The van der Waals surface area contributed by atoms with Gasteiger partial charge in [-0.15, -0.1) is 0 Å². The topological polar surface area (TPSA) is 121 Å². The van der Waals surface area contributed by atoms with Crippen molar-refractivity contribution >= 4 is 44.3 Å². The molecule has 4 rings (SSSR count). The van der Waals surface area contributed by atoms with Crippen molar-refractivity contribution in [2.45, 2.75) is 18.7 Å². The number of carbonyl (C=O) groups is 2. The van der Waals surface area contributed by atoms with Crippen LogP contribution in [0.15, 0.2) is 65.6 Å². The molecule has 4 aromatic rings. The molecule has 174 valence electrons. The molecular formula is C24H20ClN3O5S. The highest BCUT2D eigenvalue weighted by atomic mass is 35.5. The lowest BCUT2D eigenvalue weighted by Crippen LogP contribution is -2.15. The Labute approximate surface area is 201 Å². The number of sulfonamides is 1. The van der Waals surface area contributed by atoms with Gasteiger partial charge < -0.3 is 9.30 Å². The number of pyridine rings is 1. The predicted molar refractivity (Wildman–Crippen MR) is 128 cm³/mol. The Morgan fingerprint density at radius 3 is 2.41 bits per heavy atom. The summed E-state index contributed by atoms with van der Waals surface area (Å²) >= 11 is 5.88. The van der Waals surface area contributed by atoms with Gasteiger partial charge >= 0.3 is 5.97 Å². The van der Waals surface area contributed by atoms with Crippen LogP contribution in [0.1, 0.15) is 32.1 Å². The van der Waals surface area contributed by atoms with Crippen LogP contribution in [0.4, 0.5) is 0 Å². The first-order valence-corrected chi connectivity index (χ1v) is 12.1. The second kappa shape index (κ2) is 9.02. The zero-order valence-electron chi connectivity index (χ0n) is 18.3. The molecule has 2 N–H and O–H groups in total. The standard InChI is InChI=1S/C24H20ClN3O5S/c1-14-11-20(15(2)28(14)18-5-7-19(8-6-18)34(26,31)32)22(29)13-33-24(30)17-3-9-21-16(12-17)4-10-23(25)27-21/h3-12H,13H2,1-2H3,(H2,26,31,32). The molecule has 0 bridgehead atoms. The predicted octanol–water partition coefficient (Wildman–Crippen LogP) is 3.98. The number of ketones is 1. The Hall–Kier alpha value is -3.53. The lowest BCUT2D eigenvalue weighted by molar-refractivity contribution is 0.0474. The molecule has 0 amide bonds. The van der Waals surface area contributed by atoms with E-state index in [4.69, 9.17) is 21.5 Å². The summed E-state index contributed by atoms with van der Waals surface area (Å²) in [5.74, 6) is -0.985. The van der Waals surface area contributed by atoms with Gasteiger partial charge in [-0.05, 0) is 74.5 Å². The number of nitrogens with two attached hydrogens (primary N) is 1. The van der Waals surface area contributed by atoms with Crippen molar-refractivity contribution in [1.82, 2.24) is 9.55 Å². The van der Waals surface area contributed by atoms with Crippen LogP contribution in [0.25, 0.3) is 16.6 Å². The molecule has 0 spiro atoms. The van der Waals surface area contributed by atoms with Gasteiger partial charge in [-0.3, -0.25) is 4.79 Å². The number of aromatic nitrogens is 2. The van der Waals surface area contributed by atoms with Gasteiger partial charge in [0, 0.05) is 28.0 Å². The number of carbonyl (C=O) groups excluding carboxylic acids is 2. The van der Waals surface area contributed by atoms with E-state index in [1.54, 1.807) is 55.5 Å². The summed E-state index contributed by atoms with van der Waals surface area (Å²) in [5.41, 5.74) is 3.41. The SMILES string of the molecule is Cc1cc(C(=O)COC(=O)c2ccc3nc(Cl)ccc3c2)c(C)n1-c1ccc(S(N)(=O)=O)cc1. The van der Waals surface area contributed by atoms with Crippen LogP contribution in [0, 0.1) is 13.8 Å². The lowest BCUT2D eigenvalue weighted by Gasteiger charge is -2.11. The van der Waals surface area contributed by atoms with E-state index in [-0.39, 0.29) is 10.7 Å². The van der Waals surface area contributed by atoms with E-state index in [1.165, 1.54) is 12.1 Å². The average Bonchev–Trinajstić information content (AvgIpc) is 3.10. The van der Waals surface area contributed by atoms with E-state index in [2.05, 4.69) is 4.98 Å². The first-order chi connectivity index (χ1) is 16.0. The van der Waals surface area contributed by atoms with E-state index < -0.39 is 22.6 Å². The number of aryl methyl sites for hydroxylation is 1. The zero-order chi connectivity index (χ0) is 24.6. The van der Waals surface area contributed by atoms with Crippen molar-refractivity contribution in [1.29, 1.82) is 0 Å². The van der Waals surface area contributed by atoms with E-state index in [1.807, 2.05) is 11.5 Å². The van der Waals surface area contributed by atoms with Gasteiger partial charge in [0.1, 0.15) is 5.15 Å². The van der Waals surface area contributed by atoms with Crippen LogP contribution in [-0.4, -0.2) is 36.3 Å². The normalized spacial score (nSPS) is 11.5. The Morgan fingerprint density at radius 2 is 1.74 bits per heavy atom. The first kappa shape index (κ1) is 23.6. The summed E-state index contributed by atoms with van der Waals surface area (Å²) < 4.78 is 30.0. The summed E-state index contributed by atoms with van der Waals surface area (Å²) in [5, 5.41) is 6.23. The van der Waals surface area contributed by atoms with Gasteiger partial charge in [-0.1, -0.05) is 11.6 Å². The number of primary sulfonamides is 1. The quantitative estimate of drug-likeness (QED) is 0.244. The number of rotatable bonds is 6. The largest absolute Gasteiger partial charge is 0.454 e. The summed E-state index contributed by atoms with van der Waals surface area (Å²) in [6.45, 7) is 3.15. The minimum absolute atomic E-state index is 0.00510. The molecule has 0 unspecified atom stereocenters. The second-order valence-electron chi connectivity index (χ2n) is 7.70. The van der Waals surface area contributed by atoms with Crippen LogP contribution < -0.4 is 5.14 Å². The summed E-state index contributed by atoms with van der Waals surface area (Å²) in [6.07, 6.45) is 0. The number of Topliss-reactive ketones (excluding diaryl/α,β-unsaturated/α-hetero) is 1. The molecule has 0 atom stereocenters. The number of hydrogen-bond donors (Lipinski definition) is 1.